The normalized spacial score (nSPS) is 14.1. The highest BCUT2D eigenvalue weighted by Gasteiger charge is 2.08. The predicted octanol–water partition coefficient (Wildman–Crippen LogP) is 2.99. The molecule has 0 bridgehead atoms. The van der Waals surface area contributed by atoms with E-state index in [-0.39, 0.29) is 12.4 Å². The molecule has 0 atom stereocenters. The zero-order valence-electron chi connectivity index (χ0n) is 11.9. The molecule has 3 nitrogen and oxygen atoms in total. The Balaban J connectivity index is 0.00000200. The average Bonchev–Trinajstić information content (AvgIpc) is 2.94. The van der Waals surface area contributed by atoms with Crippen LogP contribution in [-0.2, 0) is 0 Å². The Kier molecular flexibility index (Phi) is 7.94. The van der Waals surface area contributed by atoms with Crippen LogP contribution < -0.4 is 9.47 Å². The fourth-order valence-electron chi connectivity index (χ4n) is 2.12. The Morgan fingerprint density at radius 2 is 1.70 bits per heavy atom. The van der Waals surface area contributed by atoms with Crippen molar-refractivity contribution in [2.45, 2.75) is 19.8 Å². The van der Waals surface area contributed by atoms with Gasteiger partial charge in [-0.1, -0.05) is 24.0 Å². The van der Waals surface area contributed by atoms with Crippen LogP contribution in [0.2, 0.25) is 0 Å². The molecule has 0 aliphatic carbocycles. The first kappa shape index (κ1) is 16.7. The number of rotatable bonds is 5. The molecule has 0 unspecified atom stereocenters. The van der Waals surface area contributed by atoms with Crippen LogP contribution in [0, 0.1) is 11.8 Å². The van der Waals surface area contributed by atoms with Crippen molar-refractivity contribution in [3.05, 3.63) is 24.3 Å². The summed E-state index contributed by atoms with van der Waals surface area (Å²) in [4.78, 5) is 2.38. The molecule has 0 radical (unpaired) electrons. The van der Waals surface area contributed by atoms with Gasteiger partial charge in [0.2, 0.25) is 0 Å². The third-order valence-electron chi connectivity index (χ3n) is 3.08. The van der Waals surface area contributed by atoms with E-state index >= 15 is 0 Å². The van der Waals surface area contributed by atoms with Gasteiger partial charge in [-0.25, -0.2) is 0 Å². The van der Waals surface area contributed by atoms with Gasteiger partial charge >= 0.3 is 0 Å². The lowest BCUT2D eigenvalue weighted by Crippen LogP contribution is -2.19. The number of hydrogen-bond donors (Lipinski definition) is 0. The average molecular weight is 296 g/mol. The number of nitrogens with zero attached hydrogens (tertiary/aromatic N) is 1. The molecule has 110 valence electrons. The van der Waals surface area contributed by atoms with E-state index < -0.39 is 0 Å². The SMILES string of the molecule is CCOc1ccccc1OCC#CCN1CCCC1.Cl. The highest BCUT2D eigenvalue weighted by Crippen LogP contribution is 2.25. The third kappa shape index (κ3) is 5.32. The van der Waals surface area contributed by atoms with Crippen molar-refractivity contribution in [2.75, 3.05) is 32.8 Å². The van der Waals surface area contributed by atoms with Crippen LogP contribution in [0.25, 0.3) is 0 Å². The lowest BCUT2D eigenvalue weighted by atomic mass is 10.3. The number of para-hydroxylation sites is 2. The van der Waals surface area contributed by atoms with Gasteiger partial charge in [-0.15, -0.1) is 12.4 Å². The summed E-state index contributed by atoms with van der Waals surface area (Å²) in [6.07, 6.45) is 2.61. The van der Waals surface area contributed by atoms with E-state index in [1.807, 2.05) is 31.2 Å². The van der Waals surface area contributed by atoms with Crippen molar-refractivity contribution in [3.8, 4) is 23.3 Å². The summed E-state index contributed by atoms with van der Waals surface area (Å²) < 4.78 is 11.1. The summed E-state index contributed by atoms with van der Waals surface area (Å²) >= 11 is 0. The van der Waals surface area contributed by atoms with E-state index in [4.69, 9.17) is 9.47 Å². The monoisotopic (exact) mass is 295 g/mol. The van der Waals surface area contributed by atoms with Gasteiger partial charge in [-0.3, -0.25) is 4.90 Å². The summed E-state index contributed by atoms with van der Waals surface area (Å²) in [5, 5.41) is 0. The molecule has 1 aliphatic rings. The van der Waals surface area contributed by atoms with Gasteiger partial charge in [0.25, 0.3) is 0 Å². The molecule has 1 fully saturated rings. The highest BCUT2D eigenvalue weighted by atomic mass is 35.5. The Bertz CT molecular complexity index is 447. The van der Waals surface area contributed by atoms with Gasteiger partial charge in [-0.05, 0) is 45.0 Å². The first-order chi connectivity index (χ1) is 9.40. The maximum Gasteiger partial charge on any atom is 0.162 e. The van der Waals surface area contributed by atoms with Crippen molar-refractivity contribution >= 4 is 12.4 Å². The largest absolute Gasteiger partial charge is 0.490 e. The van der Waals surface area contributed by atoms with Gasteiger partial charge in [0, 0.05) is 0 Å². The molecule has 1 aliphatic heterocycles. The molecule has 20 heavy (non-hydrogen) atoms. The topological polar surface area (TPSA) is 21.7 Å². The maximum absolute atomic E-state index is 5.64. The van der Waals surface area contributed by atoms with Crippen molar-refractivity contribution < 1.29 is 9.47 Å². The minimum atomic E-state index is 0. The maximum atomic E-state index is 5.64. The Labute approximate surface area is 127 Å². The Morgan fingerprint density at radius 1 is 1.05 bits per heavy atom. The van der Waals surface area contributed by atoms with E-state index in [0.29, 0.717) is 13.2 Å². The van der Waals surface area contributed by atoms with Crippen LogP contribution in [0.4, 0.5) is 0 Å². The first-order valence-corrected chi connectivity index (χ1v) is 6.93. The van der Waals surface area contributed by atoms with Gasteiger partial charge in [0.1, 0.15) is 6.61 Å². The lowest BCUT2D eigenvalue weighted by Gasteiger charge is -2.10. The standard InChI is InChI=1S/C16H21NO2.ClH/c1-2-18-15-9-3-4-10-16(15)19-14-8-7-13-17-11-5-6-12-17;/h3-4,9-10H,2,5-6,11-14H2,1H3;1H. The van der Waals surface area contributed by atoms with Crippen molar-refractivity contribution in [2.24, 2.45) is 0 Å². The van der Waals surface area contributed by atoms with E-state index in [1.165, 1.54) is 25.9 Å². The van der Waals surface area contributed by atoms with Gasteiger partial charge in [0.15, 0.2) is 11.5 Å². The van der Waals surface area contributed by atoms with Crippen LogP contribution in [0.5, 0.6) is 11.5 Å². The van der Waals surface area contributed by atoms with Gasteiger partial charge in [0.05, 0.1) is 13.2 Å². The molecule has 0 amide bonds. The van der Waals surface area contributed by atoms with Crippen LogP contribution in [0.3, 0.4) is 0 Å². The number of ether oxygens (including phenoxy) is 2. The van der Waals surface area contributed by atoms with Crippen LogP contribution in [-0.4, -0.2) is 37.7 Å². The van der Waals surface area contributed by atoms with Crippen LogP contribution in [0.15, 0.2) is 24.3 Å². The minimum absolute atomic E-state index is 0. The first-order valence-electron chi connectivity index (χ1n) is 6.93. The van der Waals surface area contributed by atoms with E-state index in [0.717, 1.165) is 18.0 Å². The summed E-state index contributed by atoms with van der Waals surface area (Å²) in [6.45, 7) is 6.24. The highest BCUT2D eigenvalue weighted by molar-refractivity contribution is 5.85. The minimum Gasteiger partial charge on any atom is -0.490 e. The van der Waals surface area contributed by atoms with Crippen molar-refractivity contribution in [1.82, 2.24) is 4.90 Å². The van der Waals surface area contributed by atoms with Crippen LogP contribution >= 0.6 is 12.4 Å². The Hall–Kier alpha value is -1.37. The lowest BCUT2D eigenvalue weighted by molar-refractivity contribution is 0.299. The van der Waals surface area contributed by atoms with Crippen molar-refractivity contribution in [3.63, 3.8) is 0 Å². The summed E-state index contributed by atoms with van der Waals surface area (Å²) in [5.41, 5.74) is 0. The number of likely N-dealkylation sites (tertiary alicyclic amines) is 1. The number of halogens is 1. The fourth-order valence-corrected chi connectivity index (χ4v) is 2.12. The molecular weight excluding hydrogens is 274 g/mol. The quantitative estimate of drug-likeness (QED) is 0.780. The summed E-state index contributed by atoms with van der Waals surface area (Å²) in [7, 11) is 0. The third-order valence-corrected chi connectivity index (χ3v) is 3.08. The summed E-state index contributed by atoms with van der Waals surface area (Å²) in [5.74, 6) is 7.77. The number of benzene rings is 1. The second-order valence-electron chi connectivity index (χ2n) is 4.51. The molecule has 0 aromatic heterocycles. The zero-order valence-corrected chi connectivity index (χ0v) is 12.7. The predicted molar refractivity (Wildman–Crippen MR) is 83.8 cm³/mol. The fraction of sp³-hybridized carbons (Fsp3) is 0.500. The molecule has 1 aromatic carbocycles. The Morgan fingerprint density at radius 3 is 2.35 bits per heavy atom. The summed E-state index contributed by atoms with van der Waals surface area (Å²) in [6, 6.07) is 7.70. The molecule has 2 rings (SSSR count). The molecule has 0 saturated carbocycles. The molecule has 4 heteroatoms. The van der Waals surface area contributed by atoms with E-state index in [1.54, 1.807) is 0 Å². The van der Waals surface area contributed by atoms with Gasteiger partial charge < -0.3 is 9.47 Å². The molecule has 0 spiro atoms. The number of hydrogen-bond acceptors (Lipinski definition) is 3. The molecular formula is C16H22ClNO2. The molecule has 0 N–H and O–H groups in total. The van der Waals surface area contributed by atoms with Crippen molar-refractivity contribution in [1.29, 1.82) is 0 Å². The molecule has 1 heterocycles. The second kappa shape index (κ2) is 9.52. The molecule has 1 aromatic rings. The molecule has 1 saturated heterocycles. The zero-order chi connectivity index (χ0) is 13.3. The second-order valence-corrected chi connectivity index (χ2v) is 4.51. The van der Waals surface area contributed by atoms with Crippen LogP contribution in [0.1, 0.15) is 19.8 Å². The van der Waals surface area contributed by atoms with Gasteiger partial charge in [-0.2, -0.15) is 0 Å². The van der Waals surface area contributed by atoms with E-state index in [2.05, 4.69) is 16.7 Å². The smallest absolute Gasteiger partial charge is 0.162 e. The van der Waals surface area contributed by atoms with E-state index in [9.17, 15) is 0 Å².